The molecule has 16 heavy (non-hydrogen) atoms. The van der Waals surface area contributed by atoms with Gasteiger partial charge < -0.3 is 10.2 Å². The molecule has 2 atom stereocenters. The van der Waals surface area contributed by atoms with E-state index in [2.05, 4.69) is 10.0 Å². The molecule has 1 aromatic heterocycles. The van der Waals surface area contributed by atoms with E-state index in [-0.39, 0.29) is 12.3 Å². The van der Waals surface area contributed by atoms with Gasteiger partial charge in [0.1, 0.15) is 6.10 Å². The zero-order valence-corrected chi connectivity index (χ0v) is 9.39. The summed E-state index contributed by atoms with van der Waals surface area (Å²) in [6.07, 6.45) is -2.42. The van der Waals surface area contributed by atoms with E-state index in [1.807, 2.05) is 0 Å². The van der Waals surface area contributed by atoms with E-state index in [9.17, 15) is 15.0 Å². The predicted molar refractivity (Wildman–Crippen MR) is 59.3 cm³/mol. The van der Waals surface area contributed by atoms with Crippen LogP contribution in [0.25, 0.3) is 10.4 Å². The minimum absolute atomic E-state index is 0.167. The maximum absolute atomic E-state index is 11.2. The average molecular weight is 241 g/mol. The third-order valence-corrected chi connectivity index (χ3v) is 3.06. The van der Waals surface area contributed by atoms with Gasteiger partial charge in [0.25, 0.3) is 0 Å². The zero-order chi connectivity index (χ0) is 12.1. The maximum atomic E-state index is 11.2. The van der Waals surface area contributed by atoms with Crippen molar-refractivity contribution in [3.05, 3.63) is 32.3 Å². The number of hydrogen-bond donors (Lipinski definition) is 2. The predicted octanol–water partition coefficient (Wildman–Crippen LogP) is 1.66. The molecule has 2 N–H and O–H groups in total. The molecule has 0 aliphatic rings. The Hall–Kier alpha value is -1.40. The third-order valence-electron chi connectivity index (χ3n) is 2.03. The van der Waals surface area contributed by atoms with Gasteiger partial charge in [-0.15, -0.1) is 11.3 Å². The van der Waals surface area contributed by atoms with E-state index >= 15 is 0 Å². The number of carbonyl (C=O) groups is 1. The van der Waals surface area contributed by atoms with E-state index in [0.29, 0.717) is 10.4 Å². The van der Waals surface area contributed by atoms with Gasteiger partial charge in [-0.1, -0.05) is 5.11 Å². The standard InChI is InChI=1S/C9H11N3O3S/c1-5(13)9-6(2-3-16-9)8(15)7(14)4-11-12-10/h2-3,7-8,14-15H,4H2,1H3. The van der Waals surface area contributed by atoms with Crippen LogP contribution in [0.5, 0.6) is 0 Å². The van der Waals surface area contributed by atoms with Crippen molar-refractivity contribution in [2.45, 2.75) is 19.1 Å². The fourth-order valence-corrected chi connectivity index (χ4v) is 2.11. The highest BCUT2D eigenvalue weighted by Gasteiger charge is 2.22. The third kappa shape index (κ3) is 2.80. The summed E-state index contributed by atoms with van der Waals surface area (Å²) in [5, 5.41) is 24.1. The number of rotatable bonds is 5. The molecule has 7 heteroatoms. The summed E-state index contributed by atoms with van der Waals surface area (Å²) in [5.74, 6) is -0.167. The Labute approximate surface area is 95.8 Å². The van der Waals surface area contributed by atoms with Gasteiger partial charge >= 0.3 is 0 Å². The van der Waals surface area contributed by atoms with E-state index in [1.54, 1.807) is 11.4 Å². The largest absolute Gasteiger partial charge is 0.390 e. The molecular weight excluding hydrogens is 230 g/mol. The topological polar surface area (TPSA) is 106 Å². The van der Waals surface area contributed by atoms with Crippen LogP contribution >= 0.6 is 11.3 Å². The van der Waals surface area contributed by atoms with Gasteiger partial charge in [0, 0.05) is 10.5 Å². The first-order chi connectivity index (χ1) is 7.57. The number of Topliss-reactive ketones (excluding diaryl/α,β-unsaturated/α-hetero) is 1. The monoisotopic (exact) mass is 241 g/mol. The number of nitrogens with zero attached hydrogens (tertiary/aromatic N) is 3. The van der Waals surface area contributed by atoms with Crippen molar-refractivity contribution in [3.63, 3.8) is 0 Å². The molecule has 1 rings (SSSR count). The lowest BCUT2D eigenvalue weighted by Gasteiger charge is -2.15. The Bertz CT molecular complexity index is 425. The molecule has 0 aromatic carbocycles. The fourth-order valence-electron chi connectivity index (χ4n) is 1.27. The molecule has 6 nitrogen and oxygen atoms in total. The van der Waals surface area contributed by atoms with Gasteiger partial charge in [0.2, 0.25) is 0 Å². The minimum atomic E-state index is -1.21. The van der Waals surface area contributed by atoms with Crippen LogP contribution in [-0.4, -0.2) is 28.6 Å². The van der Waals surface area contributed by atoms with Crippen molar-refractivity contribution < 1.29 is 15.0 Å². The summed E-state index contributed by atoms with van der Waals surface area (Å²) in [5.41, 5.74) is 8.46. The van der Waals surface area contributed by atoms with Crippen LogP contribution in [-0.2, 0) is 0 Å². The van der Waals surface area contributed by atoms with Gasteiger partial charge in [-0.05, 0) is 23.9 Å². The van der Waals surface area contributed by atoms with E-state index in [0.717, 1.165) is 0 Å². The van der Waals surface area contributed by atoms with Crippen molar-refractivity contribution in [3.8, 4) is 0 Å². The van der Waals surface area contributed by atoms with Crippen LogP contribution in [0.2, 0.25) is 0 Å². The van der Waals surface area contributed by atoms with Crippen LogP contribution < -0.4 is 0 Å². The number of aliphatic hydroxyl groups is 2. The Morgan fingerprint density at radius 3 is 2.94 bits per heavy atom. The highest BCUT2D eigenvalue weighted by atomic mass is 32.1. The lowest BCUT2D eigenvalue weighted by molar-refractivity contribution is 0.0242. The van der Waals surface area contributed by atoms with Gasteiger partial charge in [0.15, 0.2) is 5.78 Å². The molecule has 0 fully saturated rings. The number of thiophene rings is 1. The Morgan fingerprint density at radius 2 is 2.38 bits per heavy atom. The molecule has 0 bridgehead atoms. The van der Waals surface area contributed by atoms with Crippen molar-refractivity contribution in [2.75, 3.05) is 6.54 Å². The zero-order valence-electron chi connectivity index (χ0n) is 8.57. The van der Waals surface area contributed by atoms with Crippen molar-refractivity contribution in [1.82, 2.24) is 0 Å². The smallest absolute Gasteiger partial charge is 0.170 e. The molecule has 86 valence electrons. The second-order valence-electron chi connectivity index (χ2n) is 3.19. The lowest BCUT2D eigenvalue weighted by Crippen LogP contribution is -2.22. The van der Waals surface area contributed by atoms with Gasteiger partial charge in [-0.2, -0.15) is 0 Å². The molecule has 0 aliphatic heterocycles. The Kier molecular flexibility index (Phi) is 4.45. The number of ketones is 1. The molecule has 0 aliphatic carbocycles. The quantitative estimate of drug-likeness (QED) is 0.354. The molecule has 1 aromatic rings. The van der Waals surface area contributed by atoms with Crippen LogP contribution in [0, 0.1) is 0 Å². The van der Waals surface area contributed by atoms with Crippen molar-refractivity contribution >= 4 is 17.1 Å². The summed E-state index contributed by atoms with van der Waals surface area (Å²) >= 11 is 1.20. The highest BCUT2D eigenvalue weighted by Crippen LogP contribution is 2.26. The highest BCUT2D eigenvalue weighted by molar-refractivity contribution is 7.12. The Balaban J connectivity index is 2.86. The molecule has 0 saturated carbocycles. The molecular formula is C9H11N3O3S. The van der Waals surface area contributed by atoms with Gasteiger partial charge in [-0.25, -0.2) is 0 Å². The van der Waals surface area contributed by atoms with E-state index in [1.165, 1.54) is 18.3 Å². The Morgan fingerprint density at radius 1 is 1.69 bits per heavy atom. The van der Waals surface area contributed by atoms with Crippen LogP contribution in [0.4, 0.5) is 0 Å². The minimum Gasteiger partial charge on any atom is -0.390 e. The molecule has 0 spiro atoms. The van der Waals surface area contributed by atoms with Gasteiger partial charge in [-0.3, -0.25) is 4.79 Å². The van der Waals surface area contributed by atoms with Gasteiger partial charge in [0.05, 0.1) is 17.5 Å². The second-order valence-corrected chi connectivity index (χ2v) is 4.10. The number of hydrogen-bond acceptors (Lipinski definition) is 5. The molecule has 0 amide bonds. The molecule has 0 saturated heterocycles. The lowest BCUT2D eigenvalue weighted by atomic mass is 10.0. The van der Waals surface area contributed by atoms with Crippen LogP contribution in [0.3, 0.4) is 0 Å². The SMILES string of the molecule is CC(=O)c1sccc1C(O)C(O)CN=[N+]=[N-]. The van der Waals surface area contributed by atoms with Crippen molar-refractivity contribution in [1.29, 1.82) is 0 Å². The summed E-state index contributed by atoms with van der Waals surface area (Å²) in [4.78, 5) is 14.1. The molecule has 0 radical (unpaired) electrons. The van der Waals surface area contributed by atoms with E-state index in [4.69, 9.17) is 5.53 Å². The normalized spacial score (nSPS) is 13.9. The number of azide groups is 1. The summed E-state index contributed by atoms with van der Waals surface area (Å²) in [6.45, 7) is 1.16. The number of aliphatic hydroxyl groups excluding tert-OH is 2. The summed E-state index contributed by atoms with van der Waals surface area (Å²) in [7, 11) is 0. The fraction of sp³-hybridized carbons (Fsp3) is 0.444. The molecule has 2 unspecified atom stereocenters. The first kappa shape index (κ1) is 12.7. The van der Waals surface area contributed by atoms with E-state index < -0.39 is 12.2 Å². The number of carbonyl (C=O) groups excluding carboxylic acids is 1. The van der Waals surface area contributed by atoms with Crippen LogP contribution in [0.15, 0.2) is 16.6 Å². The summed E-state index contributed by atoms with van der Waals surface area (Å²) in [6, 6.07) is 1.57. The average Bonchev–Trinajstić information content (AvgIpc) is 2.73. The first-order valence-corrected chi connectivity index (χ1v) is 5.41. The van der Waals surface area contributed by atoms with Crippen LogP contribution in [0.1, 0.15) is 28.3 Å². The first-order valence-electron chi connectivity index (χ1n) is 4.53. The summed E-state index contributed by atoms with van der Waals surface area (Å²) < 4.78 is 0. The molecule has 1 heterocycles. The second kappa shape index (κ2) is 5.62. The maximum Gasteiger partial charge on any atom is 0.170 e. The van der Waals surface area contributed by atoms with Crippen molar-refractivity contribution in [2.24, 2.45) is 5.11 Å².